The molecule has 1 amide bonds. The quantitative estimate of drug-likeness (QED) is 0.489. The first kappa shape index (κ1) is 20.1. The molecule has 148 valence electrons. The molecule has 3 aromatic rings. The van der Waals surface area contributed by atoms with Crippen molar-refractivity contribution in [3.8, 4) is 0 Å². The van der Waals surface area contributed by atoms with Crippen molar-refractivity contribution in [3.05, 3.63) is 60.2 Å². The van der Waals surface area contributed by atoms with Crippen molar-refractivity contribution < 1.29 is 4.79 Å². The van der Waals surface area contributed by atoms with Crippen LogP contribution in [0.15, 0.2) is 48.8 Å². The Bertz CT molecular complexity index is 873. The number of pyridine rings is 1. The average Bonchev–Trinajstić information content (AvgIpc) is 3.08. The lowest BCUT2D eigenvalue weighted by Gasteiger charge is -2.10. The number of imidazole rings is 1. The van der Waals surface area contributed by atoms with E-state index in [9.17, 15) is 4.79 Å². The monoisotopic (exact) mass is 378 g/mol. The summed E-state index contributed by atoms with van der Waals surface area (Å²) in [4.78, 5) is 21.0. The van der Waals surface area contributed by atoms with E-state index in [2.05, 4.69) is 40.0 Å². The van der Waals surface area contributed by atoms with Crippen LogP contribution in [0, 0.1) is 0 Å². The number of nitrogens with zero attached hydrogens (tertiary/aromatic N) is 3. The molecule has 2 aromatic heterocycles. The van der Waals surface area contributed by atoms with Crippen molar-refractivity contribution in [1.29, 1.82) is 0 Å². The number of para-hydroxylation sites is 2. The summed E-state index contributed by atoms with van der Waals surface area (Å²) in [5.41, 5.74) is 2.80. The molecule has 0 spiro atoms. The normalized spacial score (nSPS) is 11.0. The lowest BCUT2D eigenvalue weighted by molar-refractivity contribution is 0.0953. The first-order chi connectivity index (χ1) is 13.8. The minimum Gasteiger partial charge on any atom is -0.352 e. The second-order valence-corrected chi connectivity index (χ2v) is 7.18. The number of amides is 1. The highest BCUT2D eigenvalue weighted by molar-refractivity contribution is 5.93. The van der Waals surface area contributed by atoms with Gasteiger partial charge in [-0.1, -0.05) is 51.2 Å². The van der Waals surface area contributed by atoms with Crippen LogP contribution in [0.4, 0.5) is 0 Å². The number of nitrogens with one attached hydrogen (secondary N) is 1. The van der Waals surface area contributed by atoms with Crippen molar-refractivity contribution >= 4 is 16.9 Å². The standard InChI is InChI=1S/C23H30N4O/c1-2-3-4-5-6-9-17-27-21-13-8-7-12-20(21)26-22(27)14-16-25-23(28)19-11-10-15-24-18-19/h7-8,10-13,15,18H,2-6,9,14,16-17H2,1H3,(H,25,28). The summed E-state index contributed by atoms with van der Waals surface area (Å²) in [6.45, 7) is 3.79. The average molecular weight is 379 g/mol. The topological polar surface area (TPSA) is 59.8 Å². The van der Waals surface area contributed by atoms with Gasteiger partial charge < -0.3 is 9.88 Å². The minimum atomic E-state index is -0.0910. The number of aryl methyl sites for hydroxylation is 1. The molecule has 1 aromatic carbocycles. The van der Waals surface area contributed by atoms with Crippen LogP contribution >= 0.6 is 0 Å². The number of fused-ring (bicyclic) bond motifs is 1. The van der Waals surface area contributed by atoms with E-state index in [1.165, 1.54) is 44.0 Å². The van der Waals surface area contributed by atoms with Crippen molar-refractivity contribution in [3.63, 3.8) is 0 Å². The van der Waals surface area contributed by atoms with Gasteiger partial charge in [-0.05, 0) is 30.7 Å². The summed E-state index contributed by atoms with van der Waals surface area (Å²) >= 11 is 0. The molecular formula is C23H30N4O. The number of unbranched alkanes of at least 4 members (excludes halogenated alkanes) is 5. The minimum absolute atomic E-state index is 0.0910. The van der Waals surface area contributed by atoms with Gasteiger partial charge in [0.05, 0.1) is 16.6 Å². The first-order valence-corrected chi connectivity index (χ1v) is 10.4. The number of aromatic nitrogens is 3. The summed E-state index contributed by atoms with van der Waals surface area (Å²) in [5.74, 6) is 0.952. The van der Waals surface area contributed by atoms with Gasteiger partial charge in [0.2, 0.25) is 0 Å². The summed E-state index contributed by atoms with van der Waals surface area (Å²) < 4.78 is 2.32. The second-order valence-electron chi connectivity index (χ2n) is 7.18. The summed E-state index contributed by atoms with van der Waals surface area (Å²) in [7, 11) is 0. The highest BCUT2D eigenvalue weighted by Gasteiger charge is 2.11. The fraction of sp³-hybridized carbons (Fsp3) is 0.435. The van der Waals surface area contributed by atoms with E-state index < -0.39 is 0 Å². The molecule has 3 rings (SSSR count). The van der Waals surface area contributed by atoms with Crippen LogP contribution in [0.1, 0.15) is 61.6 Å². The summed E-state index contributed by atoms with van der Waals surface area (Å²) in [6, 6.07) is 11.8. The molecule has 1 N–H and O–H groups in total. The Kier molecular flexibility index (Phi) is 7.59. The molecule has 0 atom stereocenters. The lowest BCUT2D eigenvalue weighted by atomic mass is 10.1. The molecule has 5 heteroatoms. The lowest BCUT2D eigenvalue weighted by Crippen LogP contribution is -2.26. The van der Waals surface area contributed by atoms with Crippen LogP contribution in [0.3, 0.4) is 0 Å². The maximum absolute atomic E-state index is 12.2. The Balaban J connectivity index is 1.59. The molecule has 0 unspecified atom stereocenters. The predicted octanol–water partition coefficient (Wildman–Crippen LogP) is 4.76. The maximum atomic E-state index is 12.2. The van der Waals surface area contributed by atoms with Gasteiger partial charge in [0.1, 0.15) is 5.82 Å². The largest absolute Gasteiger partial charge is 0.352 e. The number of hydrogen-bond acceptors (Lipinski definition) is 3. The Labute approximate surface area is 167 Å². The van der Waals surface area contributed by atoms with Crippen LogP contribution < -0.4 is 5.32 Å². The molecule has 0 radical (unpaired) electrons. The smallest absolute Gasteiger partial charge is 0.252 e. The third kappa shape index (κ3) is 5.41. The molecule has 0 bridgehead atoms. The zero-order valence-electron chi connectivity index (χ0n) is 16.7. The van der Waals surface area contributed by atoms with Crippen LogP contribution in [0.2, 0.25) is 0 Å². The predicted molar refractivity (Wildman–Crippen MR) is 113 cm³/mol. The SMILES string of the molecule is CCCCCCCCn1c(CCNC(=O)c2cccnc2)nc2ccccc21. The number of benzene rings is 1. The van der Waals surface area contributed by atoms with Gasteiger partial charge in [-0.3, -0.25) is 9.78 Å². The van der Waals surface area contributed by atoms with Crippen molar-refractivity contribution in [2.24, 2.45) is 0 Å². The van der Waals surface area contributed by atoms with Crippen LogP contribution in [0.25, 0.3) is 11.0 Å². The molecular weight excluding hydrogens is 348 g/mol. The zero-order valence-corrected chi connectivity index (χ0v) is 16.7. The van der Waals surface area contributed by atoms with Crippen LogP contribution in [-0.4, -0.2) is 27.0 Å². The summed E-state index contributed by atoms with van der Waals surface area (Å²) in [6.07, 6.45) is 11.6. The molecule has 2 heterocycles. The second kappa shape index (κ2) is 10.6. The molecule has 0 fully saturated rings. The maximum Gasteiger partial charge on any atom is 0.252 e. The van der Waals surface area contributed by atoms with E-state index in [0.717, 1.165) is 24.3 Å². The molecule has 0 aliphatic rings. The Morgan fingerprint density at radius 2 is 1.86 bits per heavy atom. The van der Waals surface area contributed by atoms with Gasteiger partial charge in [0.15, 0.2) is 0 Å². The third-order valence-corrected chi connectivity index (χ3v) is 5.03. The Hall–Kier alpha value is -2.69. The highest BCUT2D eigenvalue weighted by Crippen LogP contribution is 2.18. The summed E-state index contributed by atoms with van der Waals surface area (Å²) in [5, 5.41) is 2.98. The van der Waals surface area contributed by atoms with E-state index in [-0.39, 0.29) is 5.91 Å². The van der Waals surface area contributed by atoms with Crippen molar-refractivity contribution in [2.75, 3.05) is 6.54 Å². The third-order valence-electron chi connectivity index (χ3n) is 5.03. The number of carbonyl (C=O) groups is 1. The van der Waals surface area contributed by atoms with E-state index in [1.807, 2.05) is 6.07 Å². The first-order valence-electron chi connectivity index (χ1n) is 10.4. The number of rotatable bonds is 11. The van der Waals surface area contributed by atoms with Crippen LogP contribution in [-0.2, 0) is 13.0 Å². The highest BCUT2D eigenvalue weighted by atomic mass is 16.1. The molecule has 0 aliphatic heterocycles. The van der Waals surface area contributed by atoms with Gasteiger partial charge >= 0.3 is 0 Å². The van der Waals surface area contributed by atoms with Crippen molar-refractivity contribution in [1.82, 2.24) is 19.9 Å². The molecule has 5 nitrogen and oxygen atoms in total. The molecule has 0 saturated heterocycles. The van der Waals surface area contributed by atoms with Gasteiger partial charge in [-0.15, -0.1) is 0 Å². The van der Waals surface area contributed by atoms with E-state index in [1.54, 1.807) is 24.5 Å². The van der Waals surface area contributed by atoms with E-state index >= 15 is 0 Å². The van der Waals surface area contributed by atoms with Crippen molar-refractivity contribution in [2.45, 2.75) is 58.4 Å². The Morgan fingerprint density at radius 3 is 2.68 bits per heavy atom. The number of carbonyl (C=O) groups excluding carboxylic acids is 1. The van der Waals surface area contributed by atoms with Gasteiger partial charge in [0.25, 0.3) is 5.91 Å². The van der Waals surface area contributed by atoms with E-state index in [4.69, 9.17) is 4.98 Å². The fourth-order valence-electron chi connectivity index (χ4n) is 3.50. The van der Waals surface area contributed by atoms with Gasteiger partial charge in [-0.25, -0.2) is 4.98 Å². The zero-order chi connectivity index (χ0) is 19.6. The van der Waals surface area contributed by atoms with Gasteiger partial charge in [-0.2, -0.15) is 0 Å². The van der Waals surface area contributed by atoms with E-state index in [0.29, 0.717) is 12.1 Å². The van der Waals surface area contributed by atoms with Gasteiger partial charge in [0, 0.05) is 31.9 Å². The fourth-order valence-corrected chi connectivity index (χ4v) is 3.50. The molecule has 0 aliphatic carbocycles. The number of hydrogen-bond donors (Lipinski definition) is 1. The van der Waals surface area contributed by atoms with Crippen LogP contribution in [0.5, 0.6) is 0 Å². The Morgan fingerprint density at radius 1 is 1.04 bits per heavy atom. The molecule has 0 saturated carbocycles. The molecule has 28 heavy (non-hydrogen) atoms.